The third-order valence-corrected chi connectivity index (χ3v) is 3.92. The summed E-state index contributed by atoms with van der Waals surface area (Å²) in [5.74, 6) is 0.106. The number of halogens is 1. The van der Waals surface area contributed by atoms with E-state index in [2.05, 4.69) is 14.9 Å². The third-order valence-electron chi connectivity index (χ3n) is 3.16. The largest absolute Gasteiger partial charge is 0.334 e. The standard InChI is InChI=1S/C11H18N4OS.ClH/c1-3-9-10(17-14-13-9)11(16)15-6-4-5-8(15)7-12-2;/h8,12H,3-7H2,1-2H3;1H. The van der Waals surface area contributed by atoms with E-state index in [1.807, 2.05) is 18.9 Å². The number of carbonyl (C=O) groups excluding carboxylic acids is 1. The lowest BCUT2D eigenvalue weighted by Crippen LogP contribution is -2.40. The zero-order chi connectivity index (χ0) is 12.3. The number of aryl methyl sites for hydroxylation is 1. The normalized spacial score (nSPS) is 18.8. The van der Waals surface area contributed by atoms with E-state index in [4.69, 9.17) is 0 Å². The van der Waals surface area contributed by atoms with E-state index >= 15 is 0 Å². The predicted molar refractivity (Wildman–Crippen MR) is 74.5 cm³/mol. The minimum absolute atomic E-state index is 0. The van der Waals surface area contributed by atoms with Gasteiger partial charge in [-0.3, -0.25) is 4.79 Å². The molecule has 0 bridgehead atoms. The highest BCUT2D eigenvalue weighted by atomic mass is 35.5. The Kier molecular flexibility index (Phi) is 5.98. The summed E-state index contributed by atoms with van der Waals surface area (Å²) >= 11 is 1.22. The first-order valence-corrected chi connectivity index (χ1v) is 6.82. The Morgan fingerprint density at radius 3 is 3.06 bits per heavy atom. The molecule has 0 aliphatic carbocycles. The number of hydrogen-bond acceptors (Lipinski definition) is 5. The first-order chi connectivity index (χ1) is 8.27. The molecule has 1 aliphatic rings. The summed E-state index contributed by atoms with van der Waals surface area (Å²) in [6.45, 7) is 3.72. The lowest BCUT2D eigenvalue weighted by atomic mass is 10.2. The average molecular weight is 291 g/mol. The van der Waals surface area contributed by atoms with E-state index in [0.717, 1.165) is 42.9 Å². The lowest BCUT2D eigenvalue weighted by molar-refractivity contribution is 0.0740. The number of carbonyl (C=O) groups is 1. The number of rotatable bonds is 4. The fourth-order valence-electron chi connectivity index (χ4n) is 2.28. The molecule has 1 aromatic rings. The summed E-state index contributed by atoms with van der Waals surface area (Å²) in [5, 5.41) is 7.15. The maximum Gasteiger partial charge on any atom is 0.267 e. The van der Waals surface area contributed by atoms with Crippen LogP contribution in [0.3, 0.4) is 0 Å². The first kappa shape index (κ1) is 15.3. The van der Waals surface area contributed by atoms with Gasteiger partial charge in [-0.25, -0.2) is 0 Å². The molecule has 5 nitrogen and oxygen atoms in total. The SMILES string of the molecule is CCc1nnsc1C(=O)N1CCCC1CNC.Cl. The van der Waals surface area contributed by atoms with Crippen molar-refractivity contribution in [2.24, 2.45) is 0 Å². The van der Waals surface area contributed by atoms with Crippen molar-refractivity contribution in [1.29, 1.82) is 0 Å². The molecule has 0 aromatic carbocycles. The molecule has 0 saturated carbocycles. The Hall–Kier alpha value is -0.720. The minimum Gasteiger partial charge on any atom is -0.334 e. The Balaban J connectivity index is 0.00000162. The van der Waals surface area contributed by atoms with Gasteiger partial charge in [0.2, 0.25) is 0 Å². The second-order valence-electron chi connectivity index (χ2n) is 4.25. The molecule has 1 unspecified atom stereocenters. The quantitative estimate of drug-likeness (QED) is 0.909. The van der Waals surface area contributed by atoms with Gasteiger partial charge in [-0.05, 0) is 37.8 Å². The van der Waals surface area contributed by atoms with E-state index in [1.165, 1.54) is 11.5 Å². The molecule has 1 N–H and O–H groups in total. The fourth-order valence-corrected chi connectivity index (χ4v) is 2.99. The van der Waals surface area contributed by atoms with Crippen LogP contribution in [0.1, 0.15) is 35.1 Å². The van der Waals surface area contributed by atoms with Crippen LogP contribution in [0.15, 0.2) is 0 Å². The van der Waals surface area contributed by atoms with Crippen LogP contribution in [-0.2, 0) is 6.42 Å². The van der Waals surface area contributed by atoms with Crippen molar-refractivity contribution in [2.45, 2.75) is 32.2 Å². The Bertz CT molecular complexity index is 398. The summed E-state index contributed by atoms with van der Waals surface area (Å²) in [7, 11) is 1.92. The zero-order valence-electron chi connectivity index (χ0n) is 10.7. The second-order valence-corrected chi connectivity index (χ2v) is 5.01. The second kappa shape index (κ2) is 7.01. The van der Waals surface area contributed by atoms with Crippen LogP contribution in [0, 0.1) is 0 Å². The van der Waals surface area contributed by atoms with Crippen molar-refractivity contribution in [1.82, 2.24) is 19.8 Å². The monoisotopic (exact) mass is 290 g/mol. The number of likely N-dealkylation sites (N-methyl/N-ethyl adjacent to an activating group) is 1. The molecule has 7 heteroatoms. The van der Waals surface area contributed by atoms with Crippen molar-refractivity contribution in [3.05, 3.63) is 10.6 Å². The van der Waals surface area contributed by atoms with Crippen LogP contribution >= 0.6 is 23.9 Å². The molecule has 1 fully saturated rings. The molecule has 1 aromatic heterocycles. The van der Waals surface area contributed by atoms with Crippen LogP contribution in [0.5, 0.6) is 0 Å². The van der Waals surface area contributed by atoms with Gasteiger partial charge in [0.15, 0.2) is 0 Å². The fraction of sp³-hybridized carbons (Fsp3) is 0.727. The summed E-state index contributed by atoms with van der Waals surface area (Å²) in [6, 6.07) is 0.319. The molecule has 18 heavy (non-hydrogen) atoms. The number of likely N-dealkylation sites (tertiary alicyclic amines) is 1. The number of hydrogen-bond donors (Lipinski definition) is 1. The van der Waals surface area contributed by atoms with E-state index < -0.39 is 0 Å². The summed E-state index contributed by atoms with van der Waals surface area (Å²) < 4.78 is 3.89. The van der Waals surface area contributed by atoms with Crippen molar-refractivity contribution in [3.63, 3.8) is 0 Å². The molecule has 1 amide bonds. The Morgan fingerprint density at radius 2 is 2.39 bits per heavy atom. The van der Waals surface area contributed by atoms with Crippen molar-refractivity contribution < 1.29 is 4.79 Å². The maximum atomic E-state index is 12.4. The summed E-state index contributed by atoms with van der Waals surface area (Å²) in [4.78, 5) is 15.1. The molecular formula is C11H19ClN4OS. The van der Waals surface area contributed by atoms with Gasteiger partial charge < -0.3 is 10.2 Å². The van der Waals surface area contributed by atoms with Gasteiger partial charge in [-0.2, -0.15) is 0 Å². The van der Waals surface area contributed by atoms with Gasteiger partial charge in [-0.1, -0.05) is 11.4 Å². The smallest absolute Gasteiger partial charge is 0.267 e. The summed E-state index contributed by atoms with van der Waals surface area (Å²) in [6.07, 6.45) is 2.94. The van der Waals surface area contributed by atoms with E-state index in [1.54, 1.807) is 0 Å². The molecular weight excluding hydrogens is 272 g/mol. The minimum atomic E-state index is 0. The van der Waals surface area contributed by atoms with Gasteiger partial charge in [-0.15, -0.1) is 17.5 Å². The molecule has 102 valence electrons. The van der Waals surface area contributed by atoms with Gasteiger partial charge in [0.05, 0.1) is 5.69 Å². The van der Waals surface area contributed by atoms with E-state index in [0.29, 0.717) is 6.04 Å². The summed E-state index contributed by atoms with van der Waals surface area (Å²) in [5.41, 5.74) is 0.829. The van der Waals surface area contributed by atoms with Crippen LogP contribution < -0.4 is 5.32 Å². The number of nitrogens with zero attached hydrogens (tertiary/aromatic N) is 3. The molecule has 1 saturated heterocycles. The maximum absolute atomic E-state index is 12.4. The van der Waals surface area contributed by atoms with Gasteiger partial charge in [0.1, 0.15) is 4.88 Å². The zero-order valence-corrected chi connectivity index (χ0v) is 12.3. The number of nitrogens with one attached hydrogen (secondary N) is 1. The van der Waals surface area contributed by atoms with Crippen LogP contribution in [0.2, 0.25) is 0 Å². The molecule has 2 heterocycles. The number of aromatic nitrogens is 2. The molecule has 0 radical (unpaired) electrons. The third kappa shape index (κ3) is 2.99. The number of amides is 1. The van der Waals surface area contributed by atoms with E-state index in [-0.39, 0.29) is 18.3 Å². The molecule has 0 spiro atoms. The van der Waals surface area contributed by atoms with Crippen molar-refractivity contribution in [3.8, 4) is 0 Å². The Labute approximate surface area is 118 Å². The first-order valence-electron chi connectivity index (χ1n) is 6.04. The van der Waals surface area contributed by atoms with Gasteiger partial charge in [0.25, 0.3) is 5.91 Å². The predicted octanol–water partition coefficient (Wildman–Crippen LogP) is 1.35. The highest BCUT2D eigenvalue weighted by molar-refractivity contribution is 7.08. The van der Waals surface area contributed by atoms with Crippen molar-refractivity contribution in [2.75, 3.05) is 20.1 Å². The highest BCUT2D eigenvalue weighted by Crippen LogP contribution is 2.22. The van der Waals surface area contributed by atoms with Gasteiger partial charge >= 0.3 is 0 Å². The lowest BCUT2D eigenvalue weighted by Gasteiger charge is -2.23. The van der Waals surface area contributed by atoms with Gasteiger partial charge in [0, 0.05) is 19.1 Å². The van der Waals surface area contributed by atoms with Crippen LogP contribution in [0.4, 0.5) is 0 Å². The van der Waals surface area contributed by atoms with Crippen LogP contribution in [0.25, 0.3) is 0 Å². The average Bonchev–Trinajstić information content (AvgIpc) is 2.96. The highest BCUT2D eigenvalue weighted by Gasteiger charge is 2.31. The topological polar surface area (TPSA) is 58.1 Å². The van der Waals surface area contributed by atoms with E-state index in [9.17, 15) is 4.79 Å². The Morgan fingerprint density at radius 1 is 1.61 bits per heavy atom. The molecule has 1 atom stereocenters. The molecule has 2 rings (SSSR count). The van der Waals surface area contributed by atoms with Crippen LogP contribution in [-0.4, -0.2) is 46.6 Å². The van der Waals surface area contributed by atoms with Crippen molar-refractivity contribution >= 4 is 29.8 Å². The molecule has 1 aliphatic heterocycles.